The molecular formula is C9H12N2O. The van der Waals surface area contributed by atoms with Crippen molar-refractivity contribution in [1.29, 1.82) is 0 Å². The number of fused-ring (bicyclic) bond motifs is 1. The second-order valence-electron chi connectivity index (χ2n) is 3.28. The van der Waals surface area contributed by atoms with Gasteiger partial charge >= 0.3 is 0 Å². The molecule has 0 N–H and O–H groups in total. The quantitative estimate of drug-likeness (QED) is 0.552. The number of hydrogen-bond donors (Lipinski definition) is 0. The number of rotatable bonds is 0. The van der Waals surface area contributed by atoms with E-state index in [0.29, 0.717) is 0 Å². The van der Waals surface area contributed by atoms with Crippen LogP contribution < -0.4 is 0 Å². The minimum Gasteiger partial charge on any atom is -0.346 e. The van der Waals surface area contributed by atoms with E-state index in [4.69, 9.17) is 0 Å². The number of hydrogen-bond acceptors (Lipinski definition) is 1. The molecule has 3 nitrogen and oxygen atoms in total. The Bertz CT molecular complexity index is 327. The van der Waals surface area contributed by atoms with Crippen molar-refractivity contribution in [3.63, 3.8) is 0 Å². The van der Waals surface area contributed by atoms with Crippen molar-refractivity contribution in [2.75, 3.05) is 13.6 Å². The van der Waals surface area contributed by atoms with Gasteiger partial charge in [-0.3, -0.25) is 4.79 Å². The Morgan fingerprint density at radius 3 is 2.92 bits per heavy atom. The number of likely N-dealkylation sites (N-methyl/N-ethyl adjacent to an activating group) is 1. The van der Waals surface area contributed by atoms with E-state index in [1.165, 1.54) is 5.56 Å². The van der Waals surface area contributed by atoms with Crippen molar-refractivity contribution in [2.45, 2.75) is 6.42 Å². The summed E-state index contributed by atoms with van der Waals surface area (Å²) in [5.41, 5.74) is 2.03. The summed E-state index contributed by atoms with van der Waals surface area (Å²) in [5, 5.41) is 0. The van der Waals surface area contributed by atoms with Gasteiger partial charge in [-0.1, -0.05) is 0 Å². The van der Waals surface area contributed by atoms with Gasteiger partial charge in [-0.25, -0.2) is 0 Å². The lowest BCUT2D eigenvalue weighted by Crippen LogP contribution is -2.35. The van der Waals surface area contributed by atoms with Gasteiger partial charge in [0.2, 0.25) is 0 Å². The summed E-state index contributed by atoms with van der Waals surface area (Å²) in [6.45, 7) is 0.843. The van der Waals surface area contributed by atoms with E-state index in [2.05, 4.69) is 0 Å². The molecule has 0 bridgehead atoms. The SMILES string of the molecule is CN1CCc2ccn(C)c2C1=O. The average Bonchev–Trinajstić information content (AvgIpc) is 2.41. The van der Waals surface area contributed by atoms with Crippen LogP contribution in [0.2, 0.25) is 0 Å². The van der Waals surface area contributed by atoms with E-state index in [9.17, 15) is 4.79 Å². The maximum absolute atomic E-state index is 11.6. The van der Waals surface area contributed by atoms with Crippen LogP contribution in [-0.2, 0) is 13.5 Å². The summed E-state index contributed by atoms with van der Waals surface area (Å²) in [5.74, 6) is 0.142. The third kappa shape index (κ3) is 0.858. The van der Waals surface area contributed by atoms with Gasteiger partial charge in [-0.2, -0.15) is 0 Å². The van der Waals surface area contributed by atoms with Crippen LogP contribution in [0.4, 0.5) is 0 Å². The largest absolute Gasteiger partial charge is 0.346 e. The summed E-state index contributed by atoms with van der Waals surface area (Å²) in [6.07, 6.45) is 2.93. The standard InChI is InChI=1S/C9H12N2O/c1-10-5-3-7-4-6-11(2)9(12)8(7)10/h3,5H,4,6H2,1-2H3. The zero-order chi connectivity index (χ0) is 8.72. The summed E-state index contributed by atoms with van der Waals surface area (Å²) in [7, 11) is 3.76. The molecule has 1 aromatic heterocycles. The predicted octanol–water partition coefficient (Wildman–Crippen LogP) is 0.653. The molecule has 0 aromatic carbocycles. The summed E-state index contributed by atoms with van der Waals surface area (Å²) >= 11 is 0. The van der Waals surface area contributed by atoms with Gasteiger partial charge in [-0.15, -0.1) is 0 Å². The summed E-state index contributed by atoms with van der Waals surface area (Å²) in [4.78, 5) is 13.4. The van der Waals surface area contributed by atoms with Crippen LogP contribution in [0.5, 0.6) is 0 Å². The zero-order valence-corrected chi connectivity index (χ0v) is 7.37. The van der Waals surface area contributed by atoms with Crippen LogP contribution in [0.25, 0.3) is 0 Å². The number of aryl methyl sites for hydroxylation is 1. The maximum atomic E-state index is 11.6. The highest BCUT2D eigenvalue weighted by molar-refractivity contribution is 5.95. The Morgan fingerprint density at radius 2 is 2.17 bits per heavy atom. The molecule has 1 aliphatic heterocycles. The molecule has 0 aliphatic carbocycles. The molecule has 2 rings (SSSR count). The molecule has 0 saturated carbocycles. The minimum atomic E-state index is 0.142. The second kappa shape index (κ2) is 2.37. The van der Waals surface area contributed by atoms with Crippen molar-refractivity contribution in [1.82, 2.24) is 9.47 Å². The first kappa shape index (κ1) is 7.40. The van der Waals surface area contributed by atoms with E-state index >= 15 is 0 Å². The van der Waals surface area contributed by atoms with E-state index in [0.717, 1.165) is 18.7 Å². The lowest BCUT2D eigenvalue weighted by atomic mass is 10.1. The monoisotopic (exact) mass is 164 g/mol. The smallest absolute Gasteiger partial charge is 0.270 e. The van der Waals surface area contributed by atoms with E-state index < -0.39 is 0 Å². The predicted molar refractivity (Wildman–Crippen MR) is 46.1 cm³/mol. The topological polar surface area (TPSA) is 25.2 Å². The van der Waals surface area contributed by atoms with E-state index in [-0.39, 0.29) is 5.91 Å². The van der Waals surface area contributed by atoms with Gasteiger partial charge in [0.25, 0.3) is 5.91 Å². The molecule has 1 amide bonds. The molecule has 12 heavy (non-hydrogen) atoms. The highest BCUT2D eigenvalue weighted by Gasteiger charge is 2.23. The first-order valence-corrected chi connectivity index (χ1v) is 4.10. The van der Waals surface area contributed by atoms with Crippen molar-refractivity contribution in [2.24, 2.45) is 7.05 Å². The third-order valence-electron chi connectivity index (χ3n) is 2.42. The summed E-state index contributed by atoms with van der Waals surface area (Å²) in [6, 6.07) is 2.03. The van der Waals surface area contributed by atoms with Crippen LogP contribution >= 0.6 is 0 Å². The molecule has 0 spiro atoms. The van der Waals surface area contributed by atoms with Crippen LogP contribution in [0.3, 0.4) is 0 Å². The molecule has 2 heterocycles. The highest BCUT2D eigenvalue weighted by Crippen LogP contribution is 2.17. The van der Waals surface area contributed by atoms with Gasteiger partial charge in [0.05, 0.1) is 0 Å². The molecule has 0 fully saturated rings. The van der Waals surface area contributed by atoms with Crippen molar-refractivity contribution in [3.05, 3.63) is 23.5 Å². The van der Waals surface area contributed by atoms with Gasteiger partial charge in [0, 0.05) is 26.8 Å². The zero-order valence-electron chi connectivity index (χ0n) is 7.37. The van der Waals surface area contributed by atoms with Crippen LogP contribution in [0, 0.1) is 0 Å². The normalized spacial score (nSPS) is 16.5. The van der Waals surface area contributed by atoms with Crippen molar-refractivity contribution >= 4 is 5.91 Å². The van der Waals surface area contributed by atoms with Crippen molar-refractivity contribution in [3.8, 4) is 0 Å². The minimum absolute atomic E-state index is 0.142. The average molecular weight is 164 g/mol. The fourth-order valence-electron chi connectivity index (χ4n) is 1.64. The van der Waals surface area contributed by atoms with Gasteiger partial charge in [-0.05, 0) is 18.1 Å². The first-order valence-electron chi connectivity index (χ1n) is 4.10. The van der Waals surface area contributed by atoms with E-state index in [1.54, 1.807) is 4.90 Å². The number of nitrogens with zero attached hydrogens (tertiary/aromatic N) is 2. The van der Waals surface area contributed by atoms with Crippen LogP contribution in [-0.4, -0.2) is 29.0 Å². The van der Waals surface area contributed by atoms with Gasteiger partial charge in [0.1, 0.15) is 5.69 Å². The van der Waals surface area contributed by atoms with Gasteiger partial charge in [0.15, 0.2) is 0 Å². The molecule has 1 aromatic rings. The molecule has 64 valence electrons. The molecule has 1 aliphatic rings. The fraction of sp³-hybridized carbons (Fsp3) is 0.444. The third-order valence-corrected chi connectivity index (χ3v) is 2.42. The molecule has 0 radical (unpaired) electrons. The Balaban J connectivity index is 2.53. The number of carbonyl (C=O) groups is 1. The van der Waals surface area contributed by atoms with Crippen LogP contribution in [0.1, 0.15) is 16.1 Å². The molecule has 3 heteroatoms. The molecular weight excluding hydrogens is 152 g/mol. The van der Waals surface area contributed by atoms with Gasteiger partial charge < -0.3 is 9.47 Å². The maximum Gasteiger partial charge on any atom is 0.270 e. The summed E-state index contributed by atoms with van der Waals surface area (Å²) < 4.78 is 1.90. The Kier molecular flexibility index (Phi) is 1.46. The lowest BCUT2D eigenvalue weighted by Gasteiger charge is -2.23. The first-order chi connectivity index (χ1) is 5.70. The fourth-order valence-corrected chi connectivity index (χ4v) is 1.64. The second-order valence-corrected chi connectivity index (χ2v) is 3.28. The molecule has 0 atom stereocenters. The number of aromatic nitrogens is 1. The number of amides is 1. The highest BCUT2D eigenvalue weighted by atomic mass is 16.2. The number of carbonyl (C=O) groups excluding carboxylic acids is 1. The van der Waals surface area contributed by atoms with Crippen molar-refractivity contribution < 1.29 is 4.79 Å². The Hall–Kier alpha value is -1.25. The van der Waals surface area contributed by atoms with E-state index in [1.807, 2.05) is 30.9 Å². The van der Waals surface area contributed by atoms with Crippen LogP contribution in [0.15, 0.2) is 12.3 Å². The molecule has 0 unspecified atom stereocenters. The Morgan fingerprint density at radius 1 is 1.42 bits per heavy atom. The Labute approximate surface area is 71.6 Å². The lowest BCUT2D eigenvalue weighted by molar-refractivity contribution is 0.0771. The molecule has 0 saturated heterocycles.